The number of benzene rings is 1. The number of nitrogens with two attached hydrogens (primary N) is 1. The van der Waals surface area contributed by atoms with Crippen molar-refractivity contribution in [3.05, 3.63) is 35.4 Å². The van der Waals surface area contributed by atoms with Gasteiger partial charge in [0, 0.05) is 18.6 Å². The smallest absolute Gasteiger partial charge is 0.0372 e. The van der Waals surface area contributed by atoms with E-state index in [0.717, 1.165) is 18.9 Å². The van der Waals surface area contributed by atoms with Gasteiger partial charge in [0.25, 0.3) is 0 Å². The van der Waals surface area contributed by atoms with Crippen LogP contribution in [0.25, 0.3) is 0 Å². The Bertz CT molecular complexity index is 464. The molecule has 21 heavy (non-hydrogen) atoms. The minimum atomic E-state index is 0.186. The molecule has 1 fully saturated rings. The Hall–Kier alpha value is -0.860. The fourth-order valence-electron chi connectivity index (χ4n) is 4.39. The van der Waals surface area contributed by atoms with Gasteiger partial charge in [0.1, 0.15) is 0 Å². The number of hydrogen-bond acceptors (Lipinski definition) is 2. The first-order valence-electron chi connectivity index (χ1n) is 8.72. The molecule has 1 atom stereocenters. The number of likely N-dealkylation sites (N-methyl/N-ethyl adjacent to an activating group) is 1. The zero-order valence-electron chi connectivity index (χ0n) is 13.5. The molecule has 1 saturated carbocycles. The van der Waals surface area contributed by atoms with Gasteiger partial charge in [-0.25, -0.2) is 0 Å². The molecule has 0 aliphatic heterocycles. The minimum Gasteiger partial charge on any atom is -0.329 e. The summed E-state index contributed by atoms with van der Waals surface area (Å²) in [5.41, 5.74) is 9.50. The summed E-state index contributed by atoms with van der Waals surface area (Å²) >= 11 is 0. The summed E-state index contributed by atoms with van der Waals surface area (Å²) in [5, 5.41) is 0. The summed E-state index contributed by atoms with van der Waals surface area (Å²) in [7, 11) is 2.31. The Labute approximate surface area is 129 Å². The Balaban J connectivity index is 1.71. The third-order valence-corrected chi connectivity index (χ3v) is 5.94. The van der Waals surface area contributed by atoms with Gasteiger partial charge in [-0.1, -0.05) is 43.5 Å². The molecule has 2 nitrogen and oxygen atoms in total. The van der Waals surface area contributed by atoms with Crippen LogP contribution in [0.1, 0.15) is 49.7 Å². The van der Waals surface area contributed by atoms with Gasteiger partial charge < -0.3 is 5.73 Å². The normalized spacial score (nSPS) is 26.8. The Morgan fingerprint density at radius 3 is 2.57 bits per heavy atom. The SMILES string of the molecule is CN(CC1CCCCC1)C1(CN)CCc2ccccc2C1. The van der Waals surface area contributed by atoms with Gasteiger partial charge in [-0.2, -0.15) is 0 Å². The van der Waals surface area contributed by atoms with E-state index in [1.54, 1.807) is 0 Å². The van der Waals surface area contributed by atoms with E-state index in [9.17, 15) is 0 Å². The highest BCUT2D eigenvalue weighted by Gasteiger charge is 2.37. The molecule has 1 unspecified atom stereocenters. The molecule has 0 aromatic heterocycles. The molecule has 0 amide bonds. The van der Waals surface area contributed by atoms with Crippen molar-refractivity contribution in [2.45, 2.75) is 56.9 Å². The molecule has 2 aliphatic carbocycles. The zero-order chi connectivity index (χ0) is 14.7. The van der Waals surface area contributed by atoms with Crippen molar-refractivity contribution in [1.29, 1.82) is 0 Å². The van der Waals surface area contributed by atoms with Crippen LogP contribution in [0.2, 0.25) is 0 Å². The van der Waals surface area contributed by atoms with E-state index >= 15 is 0 Å². The highest BCUT2D eigenvalue weighted by molar-refractivity contribution is 5.32. The van der Waals surface area contributed by atoms with Crippen molar-refractivity contribution in [2.24, 2.45) is 11.7 Å². The van der Waals surface area contributed by atoms with E-state index < -0.39 is 0 Å². The molecule has 1 aromatic carbocycles. The molecular weight excluding hydrogens is 256 g/mol. The standard InChI is InChI=1S/C19H30N2/c1-21(14-16-7-3-2-4-8-16)19(15-20)12-11-17-9-5-6-10-18(17)13-19/h5-6,9-10,16H,2-4,7-8,11-15,20H2,1H3. The average Bonchev–Trinajstić information content (AvgIpc) is 2.55. The lowest BCUT2D eigenvalue weighted by Gasteiger charge is -2.46. The van der Waals surface area contributed by atoms with Crippen LogP contribution in [-0.4, -0.2) is 30.6 Å². The summed E-state index contributed by atoms with van der Waals surface area (Å²) in [4.78, 5) is 2.61. The van der Waals surface area contributed by atoms with E-state index in [1.807, 2.05) is 0 Å². The van der Waals surface area contributed by atoms with Crippen molar-refractivity contribution in [3.8, 4) is 0 Å². The minimum absolute atomic E-state index is 0.186. The van der Waals surface area contributed by atoms with Crippen molar-refractivity contribution in [3.63, 3.8) is 0 Å². The molecular formula is C19H30N2. The Morgan fingerprint density at radius 2 is 1.86 bits per heavy atom. The van der Waals surface area contributed by atoms with Gasteiger partial charge in [0.2, 0.25) is 0 Å². The van der Waals surface area contributed by atoms with E-state index in [4.69, 9.17) is 5.73 Å². The van der Waals surface area contributed by atoms with E-state index in [1.165, 1.54) is 62.6 Å². The molecule has 0 radical (unpaired) electrons. The van der Waals surface area contributed by atoms with Crippen LogP contribution in [0.3, 0.4) is 0 Å². The first kappa shape index (κ1) is 15.1. The van der Waals surface area contributed by atoms with Crippen LogP contribution in [-0.2, 0) is 12.8 Å². The third kappa shape index (κ3) is 3.17. The summed E-state index contributed by atoms with van der Waals surface area (Å²) in [6.45, 7) is 2.02. The lowest BCUT2D eigenvalue weighted by atomic mass is 9.76. The third-order valence-electron chi connectivity index (χ3n) is 5.94. The van der Waals surface area contributed by atoms with Crippen LogP contribution < -0.4 is 5.73 Å². The van der Waals surface area contributed by atoms with Crippen molar-refractivity contribution < 1.29 is 0 Å². The van der Waals surface area contributed by atoms with Gasteiger partial charge in [-0.3, -0.25) is 4.90 Å². The number of fused-ring (bicyclic) bond motifs is 1. The number of aryl methyl sites for hydroxylation is 1. The maximum absolute atomic E-state index is 6.26. The lowest BCUT2D eigenvalue weighted by Crippen LogP contribution is -2.56. The molecule has 116 valence electrons. The van der Waals surface area contributed by atoms with Crippen molar-refractivity contribution in [1.82, 2.24) is 4.90 Å². The van der Waals surface area contributed by atoms with Gasteiger partial charge in [0.15, 0.2) is 0 Å². The highest BCUT2D eigenvalue weighted by Crippen LogP contribution is 2.34. The predicted molar refractivity (Wildman–Crippen MR) is 89.5 cm³/mol. The quantitative estimate of drug-likeness (QED) is 0.919. The molecule has 0 heterocycles. The van der Waals surface area contributed by atoms with Crippen LogP contribution in [0, 0.1) is 5.92 Å². The van der Waals surface area contributed by atoms with E-state index in [-0.39, 0.29) is 5.54 Å². The number of rotatable bonds is 4. The number of hydrogen-bond donors (Lipinski definition) is 1. The molecule has 2 heteroatoms. The van der Waals surface area contributed by atoms with Crippen LogP contribution in [0.4, 0.5) is 0 Å². The van der Waals surface area contributed by atoms with Crippen LogP contribution in [0.5, 0.6) is 0 Å². The predicted octanol–water partition coefficient (Wildman–Crippen LogP) is 3.38. The fourth-order valence-corrected chi connectivity index (χ4v) is 4.39. The fraction of sp³-hybridized carbons (Fsp3) is 0.684. The second-order valence-electron chi connectivity index (χ2n) is 7.26. The van der Waals surface area contributed by atoms with Gasteiger partial charge >= 0.3 is 0 Å². The molecule has 0 bridgehead atoms. The second kappa shape index (κ2) is 6.50. The van der Waals surface area contributed by atoms with Crippen LogP contribution >= 0.6 is 0 Å². The maximum atomic E-state index is 6.26. The van der Waals surface area contributed by atoms with Gasteiger partial charge in [0.05, 0.1) is 0 Å². The Kier molecular flexibility index (Phi) is 4.66. The van der Waals surface area contributed by atoms with Crippen molar-refractivity contribution >= 4 is 0 Å². The molecule has 3 rings (SSSR count). The summed E-state index contributed by atoms with van der Waals surface area (Å²) in [6, 6.07) is 8.93. The van der Waals surface area contributed by atoms with Gasteiger partial charge in [-0.05, 0) is 56.2 Å². The molecule has 0 saturated heterocycles. The lowest BCUT2D eigenvalue weighted by molar-refractivity contribution is 0.0820. The molecule has 2 aliphatic rings. The monoisotopic (exact) mass is 286 g/mol. The average molecular weight is 286 g/mol. The Morgan fingerprint density at radius 1 is 1.14 bits per heavy atom. The zero-order valence-corrected chi connectivity index (χ0v) is 13.5. The largest absolute Gasteiger partial charge is 0.329 e. The topological polar surface area (TPSA) is 29.3 Å². The van der Waals surface area contributed by atoms with Crippen molar-refractivity contribution in [2.75, 3.05) is 20.1 Å². The maximum Gasteiger partial charge on any atom is 0.0372 e. The molecule has 0 spiro atoms. The highest BCUT2D eigenvalue weighted by atomic mass is 15.2. The first-order valence-corrected chi connectivity index (χ1v) is 8.72. The molecule has 2 N–H and O–H groups in total. The van der Waals surface area contributed by atoms with E-state index in [0.29, 0.717) is 0 Å². The molecule has 1 aromatic rings. The second-order valence-corrected chi connectivity index (χ2v) is 7.26. The number of nitrogens with zero attached hydrogens (tertiary/aromatic N) is 1. The first-order chi connectivity index (χ1) is 10.2. The summed E-state index contributed by atoms with van der Waals surface area (Å²) in [6.07, 6.45) is 10.7. The summed E-state index contributed by atoms with van der Waals surface area (Å²) in [5.74, 6) is 0.893. The summed E-state index contributed by atoms with van der Waals surface area (Å²) < 4.78 is 0. The van der Waals surface area contributed by atoms with Crippen LogP contribution in [0.15, 0.2) is 24.3 Å². The van der Waals surface area contributed by atoms with Gasteiger partial charge in [-0.15, -0.1) is 0 Å². The van der Waals surface area contributed by atoms with E-state index in [2.05, 4.69) is 36.2 Å².